The Labute approximate surface area is 122 Å². The number of hydrogen-bond acceptors (Lipinski definition) is 2. The van der Waals surface area contributed by atoms with Crippen molar-refractivity contribution in [3.05, 3.63) is 34.9 Å². The minimum absolute atomic E-state index is 0.0251. The molecule has 1 heterocycles. The van der Waals surface area contributed by atoms with Crippen LogP contribution in [0.15, 0.2) is 24.3 Å². The van der Waals surface area contributed by atoms with Crippen molar-refractivity contribution in [3.63, 3.8) is 0 Å². The Morgan fingerprint density at radius 1 is 1.39 bits per heavy atom. The predicted octanol–water partition coefficient (Wildman–Crippen LogP) is 3.59. The molecule has 2 rings (SSSR count). The number of rotatable bonds is 2. The highest BCUT2D eigenvalue weighted by molar-refractivity contribution is 7.99. The van der Waals surface area contributed by atoms with Crippen molar-refractivity contribution in [3.8, 4) is 0 Å². The smallest absolute Gasteiger partial charge is 0.237 e. The Kier molecular flexibility index (Phi) is 5.22. The van der Waals surface area contributed by atoms with E-state index in [4.69, 9.17) is 23.2 Å². The molecule has 1 aliphatic rings. The molecule has 0 saturated carbocycles. The van der Waals surface area contributed by atoms with E-state index >= 15 is 0 Å². The van der Waals surface area contributed by atoms with Crippen molar-refractivity contribution in [1.82, 2.24) is 4.90 Å². The van der Waals surface area contributed by atoms with Gasteiger partial charge in [0, 0.05) is 29.1 Å². The first kappa shape index (κ1) is 14.0. The molecule has 1 amide bonds. The summed E-state index contributed by atoms with van der Waals surface area (Å²) in [6.45, 7) is 1.53. The number of nitrogens with zero attached hydrogens (tertiary/aromatic N) is 1. The number of alkyl halides is 1. The second-order valence-electron chi connectivity index (χ2n) is 4.18. The van der Waals surface area contributed by atoms with E-state index in [1.165, 1.54) is 5.56 Å². The highest BCUT2D eigenvalue weighted by atomic mass is 35.5. The summed E-state index contributed by atoms with van der Waals surface area (Å²) in [5.74, 6) is 1.03. The van der Waals surface area contributed by atoms with Crippen molar-refractivity contribution in [2.24, 2.45) is 0 Å². The number of carbonyl (C=O) groups is 1. The molecular formula is C13H15Cl2NOS. The summed E-state index contributed by atoms with van der Waals surface area (Å²) >= 11 is 13.7. The van der Waals surface area contributed by atoms with Gasteiger partial charge in [-0.1, -0.05) is 29.8 Å². The summed E-state index contributed by atoms with van der Waals surface area (Å²) in [5.41, 5.74) is 1.17. The Bertz CT molecular complexity index is 427. The van der Waals surface area contributed by atoms with Crippen LogP contribution in [0.2, 0.25) is 5.02 Å². The minimum atomic E-state index is 0.0251. The number of hydrogen-bond donors (Lipinski definition) is 0. The number of halogens is 2. The van der Waals surface area contributed by atoms with Crippen molar-refractivity contribution in [1.29, 1.82) is 0 Å². The first-order valence-electron chi connectivity index (χ1n) is 5.92. The summed E-state index contributed by atoms with van der Waals surface area (Å²) in [4.78, 5) is 13.4. The zero-order valence-corrected chi connectivity index (χ0v) is 12.3. The lowest BCUT2D eigenvalue weighted by molar-refractivity contribution is -0.128. The van der Waals surface area contributed by atoms with Gasteiger partial charge in [-0.05, 0) is 18.1 Å². The van der Waals surface area contributed by atoms with Gasteiger partial charge in [-0.2, -0.15) is 11.8 Å². The molecule has 1 atom stereocenters. The van der Waals surface area contributed by atoms with Crippen molar-refractivity contribution < 1.29 is 4.79 Å². The molecule has 1 unspecified atom stereocenters. The molecule has 0 radical (unpaired) electrons. The van der Waals surface area contributed by atoms with Gasteiger partial charge in [0.1, 0.15) is 5.88 Å². The summed E-state index contributed by atoms with van der Waals surface area (Å²) < 4.78 is 0. The van der Waals surface area contributed by atoms with Crippen LogP contribution in [0, 0.1) is 0 Å². The number of carbonyl (C=O) groups excluding carboxylic acids is 1. The van der Waals surface area contributed by atoms with Gasteiger partial charge in [-0.15, -0.1) is 11.6 Å². The van der Waals surface area contributed by atoms with E-state index in [9.17, 15) is 4.79 Å². The predicted molar refractivity (Wildman–Crippen MR) is 78.6 cm³/mol. The van der Waals surface area contributed by atoms with Gasteiger partial charge >= 0.3 is 0 Å². The molecule has 98 valence electrons. The molecule has 0 spiro atoms. The highest BCUT2D eigenvalue weighted by Crippen LogP contribution is 2.37. The fourth-order valence-corrected chi connectivity index (χ4v) is 3.86. The number of benzene rings is 1. The average molecular weight is 304 g/mol. The van der Waals surface area contributed by atoms with Crippen LogP contribution in [0.4, 0.5) is 0 Å². The highest BCUT2D eigenvalue weighted by Gasteiger charge is 2.22. The van der Waals surface area contributed by atoms with Gasteiger partial charge in [-0.3, -0.25) is 4.79 Å². The minimum Gasteiger partial charge on any atom is -0.341 e. The first-order chi connectivity index (χ1) is 8.72. The molecule has 18 heavy (non-hydrogen) atoms. The Hall–Kier alpha value is -0.380. The fourth-order valence-electron chi connectivity index (χ4n) is 2.09. The third kappa shape index (κ3) is 3.34. The monoisotopic (exact) mass is 303 g/mol. The lowest BCUT2D eigenvalue weighted by Gasteiger charge is -2.19. The quantitative estimate of drug-likeness (QED) is 0.778. The van der Waals surface area contributed by atoms with Crippen LogP contribution < -0.4 is 0 Å². The molecule has 2 nitrogen and oxygen atoms in total. The zero-order valence-electron chi connectivity index (χ0n) is 9.94. The second kappa shape index (κ2) is 6.69. The number of thioether (sulfide) groups is 1. The maximum Gasteiger partial charge on any atom is 0.237 e. The van der Waals surface area contributed by atoms with Crippen molar-refractivity contribution >= 4 is 40.9 Å². The molecule has 1 aliphatic heterocycles. The van der Waals surface area contributed by atoms with Gasteiger partial charge in [-0.25, -0.2) is 0 Å². The molecule has 0 N–H and O–H groups in total. The van der Waals surface area contributed by atoms with E-state index in [-0.39, 0.29) is 11.8 Å². The molecule has 1 fully saturated rings. The molecular weight excluding hydrogens is 289 g/mol. The maximum atomic E-state index is 11.6. The molecule has 1 aromatic carbocycles. The van der Waals surface area contributed by atoms with E-state index in [0.29, 0.717) is 5.25 Å². The van der Waals surface area contributed by atoms with E-state index in [1.54, 1.807) is 0 Å². The average Bonchev–Trinajstić information content (AvgIpc) is 2.64. The fraction of sp³-hybridized carbons (Fsp3) is 0.462. The van der Waals surface area contributed by atoms with Gasteiger partial charge in [0.05, 0.1) is 0 Å². The summed E-state index contributed by atoms with van der Waals surface area (Å²) in [6.07, 6.45) is 0.928. The Balaban J connectivity index is 2.05. The molecule has 1 saturated heterocycles. The van der Waals surface area contributed by atoms with E-state index in [0.717, 1.165) is 30.3 Å². The van der Waals surface area contributed by atoms with Gasteiger partial charge in [0.25, 0.3) is 0 Å². The van der Waals surface area contributed by atoms with Crippen molar-refractivity contribution in [2.75, 3.05) is 24.7 Å². The molecule has 1 aromatic rings. The number of amides is 1. The van der Waals surface area contributed by atoms with Crippen molar-refractivity contribution in [2.45, 2.75) is 11.7 Å². The standard InChI is InChI=1S/C13H15Cl2NOS/c14-9-13(17)16-6-5-12(18-8-7-16)10-3-1-2-4-11(10)15/h1-4,12H,5-9H2. The van der Waals surface area contributed by atoms with Gasteiger partial charge < -0.3 is 4.90 Å². The molecule has 0 aliphatic carbocycles. The third-order valence-electron chi connectivity index (χ3n) is 3.06. The van der Waals surface area contributed by atoms with Crippen LogP contribution in [0.1, 0.15) is 17.2 Å². The van der Waals surface area contributed by atoms with Gasteiger partial charge in [0.2, 0.25) is 5.91 Å². The Morgan fingerprint density at radius 3 is 2.89 bits per heavy atom. The van der Waals surface area contributed by atoms with E-state index in [2.05, 4.69) is 6.07 Å². The largest absolute Gasteiger partial charge is 0.341 e. The summed E-state index contributed by atoms with van der Waals surface area (Å²) in [5, 5.41) is 1.18. The van der Waals surface area contributed by atoms with Crippen LogP contribution in [0.3, 0.4) is 0 Å². The topological polar surface area (TPSA) is 20.3 Å². The van der Waals surface area contributed by atoms with Crippen LogP contribution in [-0.4, -0.2) is 35.5 Å². The van der Waals surface area contributed by atoms with Crippen LogP contribution in [-0.2, 0) is 4.79 Å². The van der Waals surface area contributed by atoms with E-state index < -0.39 is 0 Å². The normalized spacial score (nSPS) is 20.6. The lowest BCUT2D eigenvalue weighted by atomic mass is 10.1. The van der Waals surface area contributed by atoms with Crippen LogP contribution in [0.25, 0.3) is 0 Å². The molecule has 0 bridgehead atoms. The zero-order chi connectivity index (χ0) is 13.0. The first-order valence-corrected chi connectivity index (χ1v) is 7.88. The SMILES string of the molecule is O=C(CCl)N1CCSC(c2ccccc2Cl)CC1. The van der Waals surface area contributed by atoms with Gasteiger partial charge in [0.15, 0.2) is 0 Å². The lowest BCUT2D eigenvalue weighted by Crippen LogP contribution is -2.33. The third-order valence-corrected chi connectivity index (χ3v) is 4.94. The summed E-state index contributed by atoms with van der Waals surface area (Å²) in [7, 11) is 0. The second-order valence-corrected chi connectivity index (χ2v) is 6.17. The Morgan fingerprint density at radius 2 is 2.17 bits per heavy atom. The molecule has 5 heteroatoms. The maximum absolute atomic E-state index is 11.6. The van der Waals surface area contributed by atoms with Crippen LogP contribution >= 0.6 is 35.0 Å². The van der Waals surface area contributed by atoms with Crippen LogP contribution in [0.5, 0.6) is 0 Å². The van der Waals surface area contributed by atoms with E-state index in [1.807, 2.05) is 34.9 Å². The molecule has 0 aromatic heterocycles. The summed E-state index contributed by atoms with van der Waals surface area (Å²) in [6, 6.07) is 7.94.